The number of carbonyl (C=O) groups is 2. The molecule has 0 saturated heterocycles. The highest BCUT2D eigenvalue weighted by Crippen LogP contribution is 2.17. The average molecular weight is 473 g/mol. The Morgan fingerprint density at radius 3 is 2.37 bits per heavy atom. The predicted octanol–water partition coefficient (Wildman–Crippen LogP) is 3.58. The largest absolute Gasteiger partial charge is 0.326 e. The van der Waals surface area contributed by atoms with E-state index >= 15 is 0 Å². The molecule has 0 atom stereocenters. The van der Waals surface area contributed by atoms with Crippen molar-refractivity contribution in [2.75, 3.05) is 10.6 Å². The lowest BCUT2D eigenvalue weighted by molar-refractivity contribution is -0.116. The van der Waals surface area contributed by atoms with Crippen molar-refractivity contribution in [3.05, 3.63) is 93.7 Å². The molecule has 9 heteroatoms. The monoisotopic (exact) mass is 472 g/mol. The summed E-state index contributed by atoms with van der Waals surface area (Å²) in [6, 6.07) is 17.8. The number of aromatic nitrogens is 4. The molecule has 4 aromatic rings. The molecule has 0 saturated carbocycles. The molecule has 2 aromatic heterocycles. The molecule has 0 aliphatic heterocycles. The summed E-state index contributed by atoms with van der Waals surface area (Å²) in [6.07, 6.45) is 0.251. The molecule has 4 rings (SSSR count). The second-order valence-electron chi connectivity index (χ2n) is 8.42. The second-order valence-corrected chi connectivity index (χ2v) is 8.42. The van der Waals surface area contributed by atoms with Gasteiger partial charge in [-0.2, -0.15) is 5.10 Å². The van der Waals surface area contributed by atoms with Crippen LogP contribution in [-0.2, 0) is 18.4 Å². The Labute approximate surface area is 203 Å². The van der Waals surface area contributed by atoms with E-state index in [0.29, 0.717) is 29.2 Å². The topological polar surface area (TPSA) is 103 Å². The van der Waals surface area contributed by atoms with Crippen molar-refractivity contribution in [1.29, 1.82) is 0 Å². The van der Waals surface area contributed by atoms with Gasteiger partial charge in [-0.15, -0.1) is 0 Å². The van der Waals surface area contributed by atoms with Crippen LogP contribution in [-0.4, -0.2) is 31.0 Å². The molecular weight excluding hydrogens is 444 g/mol. The molecule has 2 N–H and O–H groups in total. The fourth-order valence-corrected chi connectivity index (χ4v) is 3.97. The summed E-state index contributed by atoms with van der Waals surface area (Å²) in [4.78, 5) is 38.5. The first-order chi connectivity index (χ1) is 16.7. The number of carbonyl (C=O) groups excluding carboxylic acids is 2. The Balaban J connectivity index is 1.46. The zero-order chi connectivity index (χ0) is 25.1. The summed E-state index contributed by atoms with van der Waals surface area (Å²) in [7, 11) is 1.77. The van der Waals surface area contributed by atoms with Crippen LogP contribution in [0.3, 0.4) is 0 Å². The Morgan fingerprint density at radius 1 is 0.943 bits per heavy atom. The van der Waals surface area contributed by atoms with E-state index in [0.717, 1.165) is 11.4 Å². The van der Waals surface area contributed by atoms with Gasteiger partial charge in [-0.25, -0.2) is 4.68 Å². The smallest absolute Gasteiger partial charge is 0.295 e. The first kappa shape index (κ1) is 23.7. The normalized spacial score (nSPS) is 10.9. The van der Waals surface area contributed by atoms with Crippen LogP contribution in [0.1, 0.15) is 33.9 Å². The van der Waals surface area contributed by atoms with E-state index < -0.39 is 5.91 Å². The first-order valence-electron chi connectivity index (χ1n) is 11.3. The average Bonchev–Trinajstić information content (AvgIpc) is 3.27. The second kappa shape index (κ2) is 9.84. The van der Waals surface area contributed by atoms with E-state index in [-0.39, 0.29) is 23.6 Å². The van der Waals surface area contributed by atoms with Crippen LogP contribution in [0, 0.1) is 20.8 Å². The summed E-state index contributed by atoms with van der Waals surface area (Å²) in [5, 5.41) is 9.93. The molecule has 35 heavy (non-hydrogen) atoms. The zero-order valence-corrected chi connectivity index (χ0v) is 20.2. The van der Waals surface area contributed by atoms with Crippen molar-refractivity contribution in [2.24, 2.45) is 7.05 Å². The lowest BCUT2D eigenvalue weighted by atomic mass is 10.1. The van der Waals surface area contributed by atoms with Crippen LogP contribution in [0.4, 0.5) is 11.4 Å². The molecule has 0 spiro atoms. The number of anilines is 2. The van der Waals surface area contributed by atoms with Gasteiger partial charge in [-0.1, -0.05) is 24.3 Å². The van der Waals surface area contributed by atoms with Crippen LogP contribution >= 0.6 is 0 Å². The fraction of sp³-hybridized carbons (Fsp3) is 0.231. The van der Waals surface area contributed by atoms with Crippen molar-refractivity contribution < 1.29 is 9.59 Å². The number of rotatable bonds is 7. The third kappa shape index (κ3) is 5.08. The summed E-state index contributed by atoms with van der Waals surface area (Å²) in [5.41, 5.74) is 3.95. The van der Waals surface area contributed by atoms with Gasteiger partial charge in [0, 0.05) is 37.0 Å². The van der Waals surface area contributed by atoms with Crippen LogP contribution in [0.2, 0.25) is 0 Å². The van der Waals surface area contributed by atoms with Crippen molar-refractivity contribution in [2.45, 2.75) is 33.7 Å². The molecule has 2 amide bonds. The molecule has 9 nitrogen and oxygen atoms in total. The van der Waals surface area contributed by atoms with Gasteiger partial charge < -0.3 is 10.6 Å². The van der Waals surface area contributed by atoms with Gasteiger partial charge in [-0.3, -0.25) is 23.7 Å². The molecule has 0 radical (unpaired) electrons. The minimum atomic E-state index is -0.435. The SMILES string of the molecule is Cc1cc(C)n(CCC(=O)Nc2cccc(C(=O)Nc3c(C)n(C)n(-c4ccccc4)c3=O)c2)n1. The number of amides is 2. The fourth-order valence-electron chi connectivity index (χ4n) is 3.97. The third-order valence-electron chi connectivity index (χ3n) is 5.86. The van der Waals surface area contributed by atoms with E-state index in [9.17, 15) is 14.4 Å². The number of hydrogen-bond acceptors (Lipinski definition) is 4. The number of benzene rings is 2. The maximum absolute atomic E-state index is 13.1. The number of nitrogens with one attached hydrogen (secondary N) is 2. The predicted molar refractivity (Wildman–Crippen MR) is 135 cm³/mol. The summed E-state index contributed by atoms with van der Waals surface area (Å²) in [6.45, 7) is 6.10. The summed E-state index contributed by atoms with van der Waals surface area (Å²) < 4.78 is 5.00. The highest BCUT2D eigenvalue weighted by Gasteiger charge is 2.19. The van der Waals surface area contributed by atoms with Gasteiger partial charge in [0.15, 0.2) is 0 Å². The molecule has 2 aromatic carbocycles. The summed E-state index contributed by atoms with van der Waals surface area (Å²) in [5.74, 6) is -0.616. The molecule has 0 fully saturated rings. The summed E-state index contributed by atoms with van der Waals surface area (Å²) >= 11 is 0. The van der Waals surface area contributed by atoms with Crippen molar-refractivity contribution in [3.8, 4) is 5.69 Å². The van der Waals surface area contributed by atoms with E-state index in [1.54, 1.807) is 47.6 Å². The number of para-hydroxylation sites is 1. The Morgan fingerprint density at radius 2 is 1.69 bits per heavy atom. The molecular formula is C26H28N6O3. The van der Waals surface area contributed by atoms with Gasteiger partial charge in [0.25, 0.3) is 11.5 Å². The van der Waals surface area contributed by atoms with Gasteiger partial charge in [0.1, 0.15) is 5.69 Å². The van der Waals surface area contributed by atoms with Gasteiger partial charge in [0.2, 0.25) is 5.91 Å². The van der Waals surface area contributed by atoms with E-state index in [2.05, 4.69) is 15.7 Å². The zero-order valence-electron chi connectivity index (χ0n) is 20.2. The Bertz CT molecular complexity index is 1450. The highest BCUT2D eigenvalue weighted by molar-refractivity contribution is 6.05. The Hall–Kier alpha value is -4.40. The van der Waals surface area contributed by atoms with Crippen LogP contribution in [0.25, 0.3) is 5.69 Å². The minimum Gasteiger partial charge on any atom is -0.326 e. The quantitative estimate of drug-likeness (QED) is 0.429. The van der Waals surface area contributed by atoms with Gasteiger partial charge in [0.05, 0.1) is 17.1 Å². The van der Waals surface area contributed by atoms with Gasteiger partial charge in [-0.05, 0) is 57.2 Å². The van der Waals surface area contributed by atoms with Crippen molar-refractivity contribution >= 4 is 23.2 Å². The van der Waals surface area contributed by atoms with Crippen molar-refractivity contribution in [3.63, 3.8) is 0 Å². The molecule has 0 aliphatic rings. The molecule has 2 heterocycles. The van der Waals surface area contributed by atoms with Gasteiger partial charge >= 0.3 is 0 Å². The van der Waals surface area contributed by atoms with Crippen LogP contribution in [0.15, 0.2) is 65.5 Å². The number of nitrogens with zero attached hydrogens (tertiary/aromatic N) is 4. The molecule has 0 unspecified atom stereocenters. The highest BCUT2D eigenvalue weighted by atomic mass is 16.2. The molecule has 0 bridgehead atoms. The maximum Gasteiger partial charge on any atom is 0.295 e. The lowest BCUT2D eigenvalue weighted by Crippen LogP contribution is -2.23. The molecule has 0 aliphatic carbocycles. The minimum absolute atomic E-state index is 0.181. The maximum atomic E-state index is 13.1. The van der Waals surface area contributed by atoms with E-state index in [1.165, 1.54) is 4.68 Å². The first-order valence-corrected chi connectivity index (χ1v) is 11.3. The standard InChI is InChI=1S/C26H28N6O3/c1-17-15-18(2)31(29-17)14-13-23(33)27-21-10-8-9-20(16-21)25(34)28-24-19(3)30(4)32(26(24)35)22-11-6-5-7-12-22/h5-12,15-16H,13-14H2,1-4H3,(H,27,33)(H,28,34). The Kier molecular flexibility index (Phi) is 6.68. The number of aryl methyl sites for hydroxylation is 3. The van der Waals surface area contributed by atoms with E-state index in [4.69, 9.17) is 0 Å². The molecule has 180 valence electrons. The van der Waals surface area contributed by atoms with Crippen molar-refractivity contribution in [1.82, 2.24) is 19.1 Å². The van der Waals surface area contributed by atoms with Crippen LogP contribution in [0.5, 0.6) is 0 Å². The van der Waals surface area contributed by atoms with E-state index in [1.807, 2.05) is 50.2 Å². The number of hydrogen-bond donors (Lipinski definition) is 2. The third-order valence-corrected chi connectivity index (χ3v) is 5.86. The lowest BCUT2D eigenvalue weighted by Gasteiger charge is -2.09. The van der Waals surface area contributed by atoms with Crippen LogP contribution < -0.4 is 16.2 Å².